The molecule has 0 spiro atoms. The Hall–Kier alpha value is -3.35. The molecule has 1 aliphatic heterocycles. The van der Waals surface area contributed by atoms with Gasteiger partial charge in [0.05, 0.1) is 12.8 Å². The Morgan fingerprint density at radius 3 is 2.48 bits per heavy atom. The van der Waals surface area contributed by atoms with E-state index in [-0.39, 0.29) is 24.2 Å². The predicted octanol–water partition coefficient (Wildman–Crippen LogP) is 2.72. The first-order valence-corrected chi connectivity index (χ1v) is 9.77. The van der Waals surface area contributed by atoms with Crippen molar-refractivity contribution in [2.45, 2.75) is 32.4 Å². The Bertz CT molecular complexity index is 1050. The van der Waals surface area contributed by atoms with E-state index in [1.165, 1.54) is 9.25 Å². The first-order chi connectivity index (χ1) is 14.1. The molecule has 1 fully saturated rings. The monoisotopic (exact) mass is 392 g/mol. The average Bonchev–Trinajstić information content (AvgIpc) is 3.32. The van der Waals surface area contributed by atoms with Crippen LogP contribution in [0.3, 0.4) is 0 Å². The van der Waals surface area contributed by atoms with Gasteiger partial charge in [0, 0.05) is 18.2 Å². The minimum Gasteiger partial charge on any atom is -0.497 e. The minimum absolute atomic E-state index is 0.0243. The van der Waals surface area contributed by atoms with Gasteiger partial charge in [-0.2, -0.15) is 4.68 Å². The van der Waals surface area contributed by atoms with Crippen molar-refractivity contribution in [2.75, 3.05) is 13.7 Å². The minimum atomic E-state index is -0.339. The number of hydrogen-bond acceptors (Lipinski definition) is 4. The van der Waals surface area contributed by atoms with Gasteiger partial charge in [0.1, 0.15) is 12.3 Å². The Labute approximate surface area is 169 Å². The molecule has 0 aliphatic carbocycles. The first-order valence-electron chi connectivity index (χ1n) is 9.77. The van der Waals surface area contributed by atoms with Gasteiger partial charge in [-0.05, 0) is 44.0 Å². The number of ether oxygens (including phenoxy) is 1. The highest BCUT2D eigenvalue weighted by molar-refractivity contribution is 5.77. The lowest BCUT2D eigenvalue weighted by Crippen LogP contribution is -2.38. The Kier molecular flexibility index (Phi) is 5.20. The van der Waals surface area contributed by atoms with Crippen molar-refractivity contribution in [3.8, 4) is 22.8 Å². The molecule has 2 aromatic carbocycles. The van der Waals surface area contributed by atoms with E-state index in [1.54, 1.807) is 31.4 Å². The molecule has 0 bridgehead atoms. The smallest absolute Gasteiger partial charge is 0.351 e. The summed E-state index contributed by atoms with van der Waals surface area (Å²) in [7, 11) is 1.59. The Morgan fingerprint density at radius 2 is 1.86 bits per heavy atom. The van der Waals surface area contributed by atoms with Gasteiger partial charge in [0.2, 0.25) is 5.91 Å². The van der Waals surface area contributed by atoms with Crippen molar-refractivity contribution < 1.29 is 9.53 Å². The number of nitrogens with zero attached hydrogens (tertiary/aromatic N) is 4. The van der Waals surface area contributed by atoms with Gasteiger partial charge >= 0.3 is 5.69 Å². The van der Waals surface area contributed by atoms with Crippen molar-refractivity contribution in [2.24, 2.45) is 0 Å². The zero-order valence-electron chi connectivity index (χ0n) is 16.6. The first kappa shape index (κ1) is 19.0. The Morgan fingerprint density at radius 1 is 1.14 bits per heavy atom. The maximum absolute atomic E-state index is 13.2. The molecule has 1 aromatic heterocycles. The lowest BCUT2D eigenvalue weighted by molar-refractivity contribution is -0.132. The van der Waals surface area contributed by atoms with Crippen molar-refractivity contribution in [1.82, 2.24) is 19.2 Å². The summed E-state index contributed by atoms with van der Waals surface area (Å²) >= 11 is 0. The summed E-state index contributed by atoms with van der Waals surface area (Å²) < 4.78 is 7.99. The number of hydrogen-bond donors (Lipinski definition) is 0. The molecule has 29 heavy (non-hydrogen) atoms. The summed E-state index contributed by atoms with van der Waals surface area (Å²) in [6.07, 6.45) is 2.00. The number of rotatable bonds is 5. The topological polar surface area (TPSA) is 69.4 Å². The van der Waals surface area contributed by atoms with Gasteiger partial charge in [-0.15, -0.1) is 5.10 Å². The van der Waals surface area contributed by atoms with Crippen LogP contribution in [-0.2, 0) is 11.3 Å². The van der Waals surface area contributed by atoms with E-state index in [0.29, 0.717) is 17.3 Å². The van der Waals surface area contributed by atoms with E-state index < -0.39 is 0 Å². The van der Waals surface area contributed by atoms with Gasteiger partial charge < -0.3 is 9.64 Å². The van der Waals surface area contributed by atoms with Crippen LogP contribution >= 0.6 is 0 Å². The van der Waals surface area contributed by atoms with Crippen LogP contribution in [0.4, 0.5) is 0 Å². The summed E-state index contributed by atoms with van der Waals surface area (Å²) in [4.78, 5) is 28.0. The van der Waals surface area contributed by atoms with Crippen molar-refractivity contribution in [3.05, 3.63) is 65.1 Å². The number of aromatic nitrogens is 3. The molecule has 2 heterocycles. The van der Waals surface area contributed by atoms with Crippen molar-refractivity contribution in [3.63, 3.8) is 0 Å². The second-order valence-electron chi connectivity index (χ2n) is 7.25. The fourth-order valence-electron chi connectivity index (χ4n) is 3.76. The van der Waals surface area contributed by atoms with Crippen LogP contribution in [0.1, 0.15) is 19.8 Å². The van der Waals surface area contributed by atoms with E-state index in [0.717, 1.165) is 24.9 Å². The summed E-state index contributed by atoms with van der Waals surface area (Å²) in [5.74, 6) is 1.12. The molecule has 7 nitrogen and oxygen atoms in total. The molecule has 0 radical (unpaired) electrons. The predicted molar refractivity (Wildman–Crippen MR) is 110 cm³/mol. The SMILES string of the molecule is COc1ccc(-n2nc(-c3ccccc3)n(CC(=O)N3CCCC3C)c2=O)cc1. The quantitative estimate of drug-likeness (QED) is 0.670. The largest absolute Gasteiger partial charge is 0.497 e. The van der Waals surface area contributed by atoms with Crippen LogP contribution in [0.15, 0.2) is 59.4 Å². The molecule has 0 saturated carbocycles. The van der Waals surface area contributed by atoms with Crippen LogP contribution < -0.4 is 10.4 Å². The fraction of sp³-hybridized carbons (Fsp3) is 0.318. The average molecular weight is 392 g/mol. The van der Waals surface area contributed by atoms with E-state index >= 15 is 0 Å². The second kappa shape index (κ2) is 7.95. The van der Waals surface area contributed by atoms with Gasteiger partial charge in [-0.25, -0.2) is 4.79 Å². The normalized spacial score (nSPS) is 16.2. The number of likely N-dealkylation sites (tertiary alicyclic amines) is 1. The number of carbonyl (C=O) groups excluding carboxylic acids is 1. The van der Waals surface area contributed by atoms with Crippen molar-refractivity contribution >= 4 is 5.91 Å². The highest BCUT2D eigenvalue weighted by Gasteiger charge is 2.27. The van der Waals surface area contributed by atoms with Crippen LogP contribution in [0.2, 0.25) is 0 Å². The second-order valence-corrected chi connectivity index (χ2v) is 7.25. The van der Waals surface area contributed by atoms with Crippen LogP contribution in [0, 0.1) is 0 Å². The maximum Gasteiger partial charge on any atom is 0.351 e. The molecule has 150 valence electrons. The standard InChI is InChI=1S/C22H24N4O3/c1-16-7-6-14-24(16)20(27)15-25-21(17-8-4-3-5-9-17)23-26(22(25)28)18-10-12-19(29-2)13-11-18/h3-5,8-13,16H,6-7,14-15H2,1-2H3. The highest BCUT2D eigenvalue weighted by Crippen LogP contribution is 2.20. The van der Waals surface area contributed by atoms with Crippen molar-refractivity contribution in [1.29, 1.82) is 0 Å². The van der Waals surface area contributed by atoms with E-state index in [4.69, 9.17) is 4.74 Å². The van der Waals surface area contributed by atoms with Crippen LogP contribution in [0.25, 0.3) is 17.1 Å². The zero-order valence-corrected chi connectivity index (χ0v) is 16.6. The summed E-state index contributed by atoms with van der Waals surface area (Å²) in [5.41, 5.74) is 1.07. The third-order valence-electron chi connectivity index (χ3n) is 5.38. The lowest BCUT2D eigenvalue weighted by atomic mass is 10.2. The van der Waals surface area contributed by atoms with Crippen LogP contribution in [-0.4, -0.2) is 44.9 Å². The third kappa shape index (κ3) is 3.68. The summed E-state index contributed by atoms with van der Waals surface area (Å²) in [6.45, 7) is 2.76. The number of amides is 1. The molecular formula is C22H24N4O3. The van der Waals surface area contributed by atoms with E-state index in [1.807, 2.05) is 42.2 Å². The third-order valence-corrected chi connectivity index (χ3v) is 5.38. The number of carbonyl (C=O) groups is 1. The van der Waals surface area contributed by atoms with Gasteiger partial charge in [0.15, 0.2) is 5.82 Å². The lowest BCUT2D eigenvalue weighted by Gasteiger charge is -2.21. The molecule has 1 aliphatic rings. The van der Waals surface area contributed by atoms with Gasteiger partial charge in [-0.1, -0.05) is 30.3 Å². The summed E-state index contributed by atoms with van der Waals surface area (Å²) in [6, 6.07) is 16.8. The maximum atomic E-state index is 13.2. The molecule has 1 atom stereocenters. The molecule has 4 rings (SSSR count). The van der Waals surface area contributed by atoms with E-state index in [9.17, 15) is 9.59 Å². The number of benzene rings is 2. The number of methoxy groups -OCH3 is 1. The zero-order chi connectivity index (χ0) is 20.4. The molecule has 1 saturated heterocycles. The fourth-order valence-corrected chi connectivity index (χ4v) is 3.76. The summed E-state index contributed by atoms with van der Waals surface area (Å²) in [5, 5.41) is 4.56. The van der Waals surface area contributed by atoms with E-state index in [2.05, 4.69) is 5.10 Å². The molecule has 0 N–H and O–H groups in total. The molecule has 1 amide bonds. The molecule has 3 aromatic rings. The van der Waals surface area contributed by atoms with Crippen LogP contribution in [0.5, 0.6) is 5.75 Å². The van der Waals surface area contributed by atoms with Gasteiger partial charge in [-0.3, -0.25) is 9.36 Å². The molecule has 7 heteroatoms. The Balaban J connectivity index is 1.76. The van der Waals surface area contributed by atoms with Gasteiger partial charge in [0.25, 0.3) is 0 Å². The molecule has 1 unspecified atom stereocenters. The highest BCUT2D eigenvalue weighted by atomic mass is 16.5. The molecular weight excluding hydrogens is 368 g/mol.